The molecule has 0 spiro atoms. The fourth-order valence-corrected chi connectivity index (χ4v) is 1.88. The molecule has 20 heavy (non-hydrogen) atoms. The van der Waals surface area contributed by atoms with E-state index in [2.05, 4.69) is 4.74 Å². The first-order chi connectivity index (χ1) is 9.61. The summed E-state index contributed by atoms with van der Waals surface area (Å²) in [6, 6.07) is 12.3. The van der Waals surface area contributed by atoms with Crippen LogP contribution >= 0.6 is 11.6 Å². The van der Waals surface area contributed by atoms with E-state index in [1.54, 1.807) is 24.3 Å². The van der Waals surface area contributed by atoms with Crippen molar-refractivity contribution in [2.75, 3.05) is 12.8 Å². The second kappa shape index (κ2) is 6.30. The molecule has 0 saturated carbocycles. The molecule has 2 aromatic rings. The molecule has 2 N–H and O–H groups in total. The number of nitrogen functional groups attached to an aromatic ring is 1. The maximum atomic E-state index is 11.5. The zero-order valence-electron chi connectivity index (χ0n) is 10.9. The van der Waals surface area contributed by atoms with E-state index in [0.29, 0.717) is 23.1 Å². The van der Waals surface area contributed by atoms with Crippen molar-refractivity contribution in [3.05, 3.63) is 58.6 Å². The van der Waals surface area contributed by atoms with Gasteiger partial charge in [0.15, 0.2) is 0 Å². The predicted octanol–water partition coefficient (Wildman–Crippen LogP) is 3.29. The van der Waals surface area contributed by atoms with Crippen LogP contribution in [-0.2, 0) is 11.3 Å². The normalized spacial score (nSPS) is 10.1. The Balaban J connectivity index is 2.14. The molecule has 2 rings (SSSR count). The van der Waals surface area contributed by atoms with Crippen molar-refractivity contribution in [2.24, 2.45) is 0 Å². The van der Waals surface area contributed by atoms with Gasteiger partial charge in [0.2, 0.25) is 0 Å². The lowest BCUT2D eigenvalue weighted by molar-refractivity contribution is 0.0601. The molecular formula is C15H14ClNO3. The molecule has 4 nitrogen and oxygen atoms in total. The van der Waals surface area contributed by atoms with E-state index in [0.717, 1.165) is 5.56 Å². The molecule has 0 aliphatic heterocycles. The summed E-state index contributed by atoms with van der Waals surface area (Å²) < 4.78 is 10.3. The van der Waals surface area contributed by atoms with E-state index in [-0.39, 0.29) is 5.56 Å². The van der Waals surface area contributed by atoms with Gasteiger partial charge in [0.25, 0.3) is 0 Å². The number of hydrogen-bond donors (Lipinski definition) is 1. The van der Waals surface area contributed by atoms with Crippen LogP contribution in [0.1, 0.15) is 15.9 Å². The molecule has 0 fully saturated rings. The summed E-state index contributed by atoms with van der Waals surface area (Å²) in [5, 5.41) is 0.635. The molecule has 0 aliphatic rings. The molecule has 0 aliphatic carbocycles. The minimum atomic E-state index is -0.495. The van der Waals surface area contributed by atoms with Crippen molar-refractivity contribution in [3.8, 4) is 5.75 Å². The Hall–Kier alpha value is -2.20. The third-order valence-corrected chi connectivity index (χ3v) is 3.15. The predicted molar refractivity (Wildman–Crippen MR) is 78.0 cm³/mol. The Kier molecular flexibility index (Phi) is 4.48. The lowest BCUT2D eigenvalue weighted by Crippen LogP contribution is -2.06. The van der Waals surface area contributed by atoms with Gasteiger partial charge in [-0.05, 0) is 24.3 Å². The van der Waals surface area contributed by atoms with Crippen molar-refractivity contribution in [3.63, 3.8) is 0 Å². The van der Waals surface area contributed by atoms with Crippen molar-refractivity contribution >= 4 is 23.3 Å². The molecule has 104 valence electrons. The van der Waals surface area contributed by atoms with Gasteiger partial charge in [0.05, 0.1) is 12.7 Å². The second-order valence-corrected chi connectivity index (χ2v) is 4.53. The molecule has 0 aromatic heterocycles. The van der Waals surface area contributed by atoms with E-state index in [1.807, 2.05) is 18.2 Å². The van der Waals surface area contributed by atoms with E-state index < -0.39 is 5.97 Å². The number of anilines is 1. The molecule has 2 aromatic carbocycles. The van der Waals surface area contributed by atoms with Crippen LogP contribution in [0.3, 0.4) is 0 Å². The largest absolute Gasteiger partial charge is 0.489 e. The van der Waals surface area contributed by atoms with Gasteiger partial charge in [0.1, 0.15) is 12.4 Å². The SMILES string of the molecule is COC(=O)c1cc(OCc2ccccc2Cl)ccc1N. The van der Waals surface area contributed by atoms with Crippen molar-refractivity contribution in [2.45, 2.75) is 6.61 Å². The summed E-state index contributed by atoms with van der Waals surface area (Å²) >= 11 is 6.05. The Morgan fingerprint density at radius 3 is 2.70 bits per heavy atom. The summed E-state index contributed by atoms with van der Waals surface area (Å²) in [6.45, 7) is 0.310. The number of ether oxygens (including phenoxy) is 2. The number of hydrogen-bond acceptors (Lipinski definition) is 4. The molecule has 0 unspecified atom stereocenters. The van der Waals surface area contributed by atoms with Crippen LogP contribution in [0.15, 0.2) is 42.5 Å². The van der Waals surface area contributed by atoms with Crippen LogP contribution in [0.25, 0.3) is 0 Å². The standard InChI is InChI=1S/C15H14ClNO3/c1-19-15(18)12-8-11(6-7-14(12)17)20-9-10-4-2-3-5-13(10)16/h2-8H,9,17H2,1H3. The first-order valence-electron chi connectivity index (χ1n) is 5.96. The number of esters is 1. The Morgan fingerprint density at radius 1 is 1.25 bits per heavy atom. The topological polar surface area (TPSA) is 61.5 Å². The van der Waals surface area contributed by atoms with Crippen LogP contribution in [0, 0.1) is 0 Å². The third kappa shape index (κ3) is 3.22. The average molecular weight is 292 g/mol. The van der Waals surface area contributed by atoms with Gasteiger partial charge in [-0.3, -0.25) is 0 Å². The maximum Gasteiger partial charge on any atom is 0.340 e. The smallest absolute Gasteiger partial charge is 0.340 e. The summed E-state index contributed by atoms with van der Waals surface area (Å²) in [5.41, 5.74) is 7.22. The minimum absolute atomic E-state index is 0.282. The number of halogens is 1. The minimum Gasteiger partial charge on any atom is -0.489 e. The van der Waals surface area contributed by atoms with E-state index in [9.17, 15) is 4.79 Å². The molecule has 0 saturated heterocycles. The number of nitrogens with two attached hydrogens (primary N) is 1. The van der Waals surface area contributed by atoms with E-state index >= 15 is 0 Å². The van der Waals surface area contributed by atoms with Crippen LogP contribution < -0.4 is 10.5 Å². The van der Waals surface area contributed by atoms with E-state index in [1.165, 1.54) is 7.11 Å². The molecule has 0 atom stereocenters. The van der Waals surface area contributed by atoms with Crippen LogP contribution in [0.2, 0.25) is 5.02 Å². The van der Waals surface area contributed by atoms with Gasteiger partial charge in [0, 0.05) is 16.3 Å². The highest BCUT2D eigenvalue weighted by atomic mass is 35.5. The zero-order valence-corrected chi connectivity index (χ0v) is 11.7. The highest BCUT2D eigenvalue weighted by molar-refractivity contribution is 6.31. The fraction of sp³-hybridized carbons (Fsp3) is 0.133. The number of carbonyl (C=O) groups is 1. The molecular weight excluding hydrogens is 278 g/mol. The number of rotatable bonds is 4. The highest BCUT2D eigenvalue weighted by Gasteiger charge is 2.11. The molecule has 0 heterocycles. The molecule has 5 heteroatoms. The first kappa shape index (κ1) is 14.2. The first-order valence-corrected chi connectivity index (χ1v) is 6.33. The van der Waals surface area contributed by atoms with Gasteiger partial charge in [-0.1, -0.05) is 29.8 Å². The van der Waals surface area contributed by atoms with Crippen LogP contribution in [0.5, 0.6) is 5.75 Å². The summed E-state index contributed by atoms with van der Waals surface area (Å²) in [4.78, 5) is 11.5. The van der Waals surface area contributed by atoms with Gasteiger partial charge in [-0.2, -0.15) is 0 Å². The Morgan fingerprint density at radius 2 is 2.00 bits per heavy atom. The van der Waals surface area contributed by atoms with Gasteiger partial charge >= 0.3 is 5.97 Å². The maximum absolute atomic E-state index is 11.5. The van der Waals surface area contributed by atoms with Crippen molar-refractivity contribution < 1.29 is 14.3 Å². The number of carbonyl (C=O) groups excluding carboxylic acids is 1. The summed E-state index contributed by atoms with van der Waals surface area (Å²) in [7, 11) is 1.30. The Labute approximate surface area is 122 Å². The Bertz CT molecular complexity index is 628. The van der Waals surface area contributed by atoms with Crippen LogP contribution in [-0.4, -0.2) is 13.1 Å². The van der Waals surface area contributed by atoms with Crippen molar-refractivity contribution in [1.29, 1.82) is 0 Å². The average Bonchev–Trinajstić information content (AvgIpc) is 2.47. The lowest BCUT2D eigenvalue weighted by Gasteiger charge is -2.10. The quantitative estimate of drug-likeness (QED) is 0.693. The second-order valence-electron chi connectivity index (χ2n) is 4.12. The third-order valence-electron chi connectivity index (χ3n) is 2.78. The molecule has 0 radical (unpaired) electrons. The van der Waals surface area contributed by atoms with Gasteiger partial charge in [-0.25, -0.2) is 4.79 Å². The van der Waals surface area contributed by atoms with Crippen LogP contribution in [0.4, 0.5) is 5.69 Å². The highest BCUT2D eigenvalue weighted by Crippen LogP contribution is 2.23. The van der Waals surface area contributed by atoms with Gasteiger partial charge < -0.3 is 15.2 Å². The summed E-state index contributed by atoms with van der Waals surface area (Å²) in [5.74, 6) is 0.0326. The lowest BCUT2D eigenvalue weighted by atomic mass is 10.1. The van der Waals surface area contributed by atoms with Crippen molar-refractivity contribution in [1.82, 2.24) is 0 Å². The van der Waals surface area contributed by atoms with Gasteiger partial charge in [-0.15, -0.1) is 0 Å². The monoisotopic (exact) mass is 291 g/mol. The number of benzene rings is 2. The molecule has 0 amide bonds. The molecule has 0 bridgehead atoms. The zero-order chi connectivity index (χ0) is 14.5. The number of methoxy groups -OCH3 is 1. The van der Waals surface area contributed by atoms with E-state index in [4.69, 9.17) is 22.1 Å². The summed E-state index contributed by atoms with van der Waals surface area (Å²) in [6.07, 6.45) is 0. The fourth-order valence-electron chi connectivity index (χ4n) is 1.69.